The van der Waals surface area contributed by atoms with E-state index in [1.165, 1.54) is 44.6 Å². The molecule has 0 unspecified atom stereocenters. The molecular weight excluding hydrogens is 571 g/mol. The lowest BCUT2D eigenvalue weighted by Crippen LogP contribution is -2.32. The summed E-state index contributed by atoms with van der Waals surface area (Å²) in [4.78, 5) is 37.1. The van der Waals surface area contributed by atoms with E-state index in [-0.39, 0.29) is 33.1 Å². The third kappa shape index (κ3) is 8.23. The number of methoxy groups -OCH3 is 2. The van der Waals surface area contributed by atoms with Gasteiger partial charge in [0.1, 0.15) is 46.0 Å². The molecule has 0 fully saturated rings. The number of benzene rings is 2. The Labute approximate surface area is 249 Å². The number of urea groups is 1. The van der Waals surface area contributed by atoms with Gasteiger partial charge in [-0.05, 0) is 31.8 Å². The van der Waals surface area contributed by atoms with Crippen LogP contribution in [0.25, 0.3) is 0 Å². The predicted octanol–water partition coefficient (Wildman–Crippen LogP) is 5.12. The summed E-state index contributed by atoms with van der Waals surface area (Å²) in [6, 6.07) is 8.05. The Kier molecular flexibility index (Phi) is 11.2. The molecule has 0 saturated heterocycles. The number of halogens is 2. The van der Waals surface area contributed by atoms with E-state index in [0.29, 0.717) is 36.0 Å². The van der Waals surface area contributed by atoms with Crippen LogP contribution in [0.1, 0.15) is 11.3 Å². The quantitative estimate of drug-likeness (QED) is 0.274. The molecule has 2 N–H and O–H groups in total. The zero-order valence-corrected chi connectivity index (χ0v) is 25.0. The Balaban J connectivity index is 1.83. The van der Waals surface area contributed by atoms with Crippen LogP contribution in [0.2, 0.25) is 10.0 Å². The normalized spacial score (nSPS) is 10.6. The van der Waals surface area contributed by atoms with Crippen molar-refractivity contribution in [2.24, 2.45) is 0 Å². The lowest BCUT2D eigenvalue weighted by molar-refractivity contribution is -0.111. The first kappa shape index (κ1) is 31.5. The Hall–Kier alpha value is -4.06. The number of anilines is 3. The Morgan fingerprint density at radius 2 is 1.68 bits per heavy atom. The summed E-state index contributed by atoms with van der Waals surface area (Å²) in [5, 5.41) is 5.75. The van der Waals surface area contributed by atoms with E-state index in [4.69, 9.17) is 37.4 Å². The van der Waals surface area contributed by atoms with Gasteiger partial charge in [0.15, 0.2) is 0 Å². The van der Waals surface area contributed by atoms with Crippen LogP contribution in [0.5, 0.6) is 17.2 Å². The number of carbonyl (C=O) groups excluding carboxylic acids is 2. The van der Waals surface area contributed by atoms with Crippen molar-refractivity contribution in [1.29, 1.82) is 0 Å². The number of carbonyl (C=O) groups is 2. The molecule has 3 aromatic rings. The Morgan fingerprint density at radius 1 is 1.00 bits per heavy atom. The molecule has 0 spiro atoms. The topological polar surface area (TPSA) is 118 Å². The number of aromatic nitrogens is 2. The summed E-state index contributed by atoms with van der Waals surface area (Å²) in [6.07, 6.45) is 2.88. The van der Waals surface area contributed by atoms with Crippen LogP contribution in [0.4, 0.5) is 22.0 Å². The maximum atomic E-state index is 13.1. The fraction of sp³-hybridized carbons (Fsp3) is 0.286. The molecule has 0 aliphatic heterocycles. The van der Waals surface area contributed by atoms with Gasteiger partial charge in [0, 0.05) is 43.9 Å². The van der Waals surface area contributed by atoms with Gasteiger partial charge in [-0.2, -0.15) is 0 Å². The number of nitrogens with one attached hydrogen (secondary N) is 2. The number of ether oxygens (including phenoxy) is 3. The minimum Gasteiger partial charge on any atom is -0.495 e. The molecule has 3 rings (SSSR count). The summed E-state index contributed by atoms with van der Waals surface area (Å²) in [6.45, 7) is 4.76. The molecule has 0 bridgehead atoms. The zero-order chi connectivity index (χ0) is 30.1. The van der Waals surface area contributed by atoms with Crippen LogP contribution in [0, 0.1) is 0 Å². The fourth-order valence-electron chi connectivity index (χ4n) is 3.60. The molecule has 11 nitrogen and oxygen atoms in total. The number of nitrogens with zero attached hydrogens (tertiary/aromatic N) is 4. The standard InChI is InChI=1S/C28H32Cl2N6O5/c1-7-24(37)33-20-14-19(41-11-10-35(2)3)9-8-17(20)12-18-13-23(32-16-31-18)36(4)28(38)34-27-25(29)21(39-5)15-22(40-6)26(27)30/h7-9,13-16H,1,10-12H2,2-6H3,(H,33,37)(H,34,38). The maximum Gasteiger partial charge on any atom is 0.327 e. The second kappa shape index (κ2) is 14.5. The van der Waals surface area contributed by atoms with Crippen molar-refractivity contribution in [2.45, 2.75) is 6.42 Å². The predicted molar refractivity (Wildman–Crippen MR) is 161 cm³/mol. The monoisotopic (exact) mass is 602 g/mol. The first-order valence-corrected chi connectivity index (χ1v) is 13.1. The van der Waals surface area contributed by atoms with Gasteiger partial charge in [0.25, 0.3) is 0 Å². The number of hydrogen-bond acceptors (Lipinski definition) is 8. The van der Waals surface area contributed by atoms with Crippen molar-refractivity contribution in [3.63, 3.8) is 0 Å². The summed E-state index contributed by atoms with van der Waals surface area (Å²) in [7, 11) is 8.33. The average molecular weight is 604 g/mol. The van der Waals surface area contributed by atoms with Gasteiger partial charge in [-0.15, -0.1) is 0 Å². The van der Waals surface area contributed by atoms with Crippen LogP contribution in [0.15, 0.2) is 49.3 Å². The van der Waals surface area contributed by atoms with Crippen molar-refractivity contribution in [2.75, 3.05) is 64.0 Å². The molecular formula is C28H32Cl2N6O5. The van der Waals surface area contributed by atoms with E-state index in [9.17, 15) is 9.59 Å². The minimum atomic E-state index is -0.563. The van der Waals surface area contributed by atoms with Gasteiger partial charge in [-0.3, -0.25) is 9.69 Å². The molecule has 1 aromatic heterocycles. The molecule has 0 aliphatic carbocycles. The van der Waals surface area contributed by atoms with Crippen LogP contribution < -0.4 is 29.7 Å². The highest BCUT2D eigenvalue weighted by atomic mass is 35.5. The van der Waals surface area contributed by atoms with Crippen molar-refractivity contribution in [3.05, 3.63) is 70.6 Å². The van der Waals surface area contributed by atoms with Crippen LogP contribution in [0.3, 0.4) is 0 Å². The molecule has 0 saturated carbocycles. The molecule has 13 heteroatoms. The highest BCUT2D eigenvalue weighted by Crippen LogP contribution is 2.44. The van der Waals surface area contributed by atoms with Crippen molar-refractivity contribution >= 4 is 52.3 Å². The van der Waals surface area contributed by atoms with Crippen molar-refractivity contribution in [3.8, 4) is 17.2 Å². The number of amides is 3. The molecule has 218 valence electrons. The fourth-order valence-corrected chi connectivity index (χ4v) is 4.19. The molecule has 2 aromatic carbocycles. The number of hydrogen-bond donors (Lipinski definition) is 2. The van der Waals surface area contributed by atoms with Crippen molar-refractivity contribution in [1.82, 2.24) is 14.9 Å². The van der Waals surface area contributed by atoms with E-state index >= 15 is 0 Å². The highest BCUT2D eigenvalue weighted by molar-refractivity contribution is 6.41. The van der Waals surface area contributed by atoms with E-state index in [1.807, 2.05) is 31.1 Å². The Bertz CT molecular complexity index is 1390. The van der Waals surface area contributed by atoms with Gasteiger partial charge in [0.05, 0.1) is 25.6 Å². The minimum absolute atomic E-state index is 0.117. The van der Waals surface area contributed by atoms with Crippen molar-refractivity contribution < 1.29 is 23.8 Å². The lowest BCUT2D eigenvalue weighted by Gasteiger charge is -2.20. The second-order valence-electron chi connectivity index (χ2n) is 8.98. The molecule has 1 heterocycles. The molecule has 0 aliphatic rings. The molecule has 3 amide bonds. The van der Waals surface area contributed by atoms with Crippen LogP contribution in [-0.2, 0) is 11.2 Å². The van der Waals surface area contributed by atoms with Gasteiger partial charge < -0.3 is 29.7 Å². The summed E-state index contributed by atoms with van der Waals surface area (Å²) in [5.74, 6) is 1.13. The highest BCUT2D eigenvalue weighted by Gasteiger charge is 2.22. The second-order valence-corrected chi connectivity index (χ2v) is 9.74. The van der Waals surface area contributed by atoms with E-state index in [1.54, 1.807) is 12.1 Å². The van der Waals surface area contributed by atoms with Crippen LogP contribution in [-0.4, -0.2) is 75.3 Å². The smallest absolute Gasteiger partial charge is 0.327 e. The SMILES string of the molecule is C=CC(=O)Nc1cc(OCCN(C)C)ccc1Cc1cc(N(C)C(=O)Nc2c(Cl)c(OC)cc(OC)c2Cl)ncn1. The third-order valence-corrected chi connectivity index (χ3v) is 6.62. The Morgan fingerprint density at radius 3 is 2.29 bits per heavy atom. The number of rotatable bonds is 12. The first-order valence-electron chi connectivity index (χ1n) is 12.4. The molecule has 41 heavy (non-hydrogen) atoms. The lowest BCUT2D eigenvalue weighted by atomic mass is 10.1. The summed E-state index contributed by atoms with van der Waals surface area (Å²) in [5.41, 5.74) is 2.06. The van der Waals surface area contributed by atoms with E-state index in [0.717, 1.165) is 12.1 Å². The first-order chi connectivity index (χ1) is 19.6. The van der Waals surface area contributed by atoms with Gasteiger partial charge in [-0.25, -0.2) is 14.8 Å². The van der Waals surface area contributed by atoms with Gasteiger partial charge >= 0.3 is 6.03 Å². The molecule has 0 atom stereocenters. The summed E-state index contributed by atoms with van der Waals surface area (Å²) < 4.78 is 16.3. The largest absolute Gasteiger partial charge is 0.495 e. The maximum absolute atomic E-state index is 13.1. The van der Waals surface area contributed by atoms with Crippen LogP contribution >= 0.6 is 23.2 Å². The van der Waals surface area contributed by atoms with E-state index in [2.05, 4.69) is 27.2 Å². The molecule has 0 radical (unpaired) electrons. The number of likely N-dealkylation sites (N-methyl/N-ethyl adjacent to an activating group) is 1. The van der Waals surface area contributed by atoms with Gasteiger partial charge in [0.2, 0.25) is 5.91 Å². The summed E-state index contributed by atoms with van der Waals surface area (Å²) >= 11 is 12.8. The average Bonchev–Trinajstić information content (AvgIpc) is 2.96. The van der Waals surface area contributed by atoms with E-state index < -0.39 is 6.03 Å². The third-order valence-electron chi connectivity index (χ3n) is 5.87. The zero-order valence-electron chi connectivity index (χ0n) is 23.5. The van der Waals surface area contributed by atoms with Gasteiger partial charge in [-0.1, -0.05) is 35.8 Å².